The fourth-order valence-corrected chi connectivity index (χ4v) is 13.8. The third-order valence-electron chi connectivity index (χ3n) is 17.0. The van der Waals surface area contributed by atoms with Crippen molar-refractivity contribution in [2.24, 2.45) is 0 Å². The number of aryl methyl sites for hydroxylation is 2. The second-order valence-corrected chi connectivity index (χ2v) is 23.7. The fraction of sp³-hybridized carbons (Fsp3) is 0.323. The quantitative estimate of drug-likeness (QED) is 0.163. The van der Waals surface area contributed by atoms with E-state index in [9.17, 15) is 0 Å². The molecule has 0 unspecified atom stereocenters. The van der Waals surface area contributed by atoms with Crippen molar-refractivity contribution in [1.82, 2.24) is 0 Å². The number of fused-ring (bicyclic) bond motifs is 9. The van der Waals surface area contributed by atoms with Gasteiger partial charge in [0.2, 0.25) is 0 Å². The average molecular weight is 847 g/mol. The van der Waals surface area contributed by atoms with Gasteiger partial charge >= 0.3 is 0 Å². The van der Waals surface area contributed by atoms with E-state index in [1.54, 1.807) is 0 Å². The second-order valence-electron chi connectivity index (χ2n) is 23.7. The van der Waals surface area contributed by atoms with E-state index < -0.39 is 0 Å². The highest BCUT2D eigenvalue weighted by Gasteiger charge is 2.49. The van der Waals surface area contributed by atoms with Gasteiger partial charge in [0.1, 0.15) is 0 Å². The molecule has 0 spiro atoms. The summed E-state index contributed by atoms with van der Waals surface area (Å²) in [6.07, 6.45) is 3.50. The zero-order chi connectivity index (χ0) is 45.3. The molecule has 0 aromatic heterocycles. The Kier molecular flexibility index (Phi) is 8.25. The SMILES string of the molecule is Cc1cc2c3c(c1)N(c1cccc4c1-c1ccccc1C4(C)C)c1cc(-c4ccccc4)ccc1B3c1cc3c(cc1N2c1cc2c(cc1C)C(C)(C)CC2(C)C)C(C)(C)CCC3(C)C. The summed E-state index contributed by atoms with van der Waals surface area (Å²) in [4.78, 5) is 5.40. The average Bonchev–Trinajstić information content (AvgIpc) is 3.61. The highest BCUT2D eigenvalue weighted by Crippen LogP contribution is 2.57. The molecule has 0 fully saturated rings. The van der Waals surface area contributed by atoms with Gasteiger partial charge in [0.15, 0.2) is 0 Å². The van der Waals surface area contributed by atoms with Crippen molar-refractivity contribution in [3.05, 3.63) is 172 Å². The zero-order valence-electron chi connectivity index (χ0n) is 40.7. The Balaban J connectivity index is 1.21. The Labute approximate surface area is 388 Å². The van der Waals surface area contributed by atoms with Gasteiger partial charge in [-0.25, -0.2) is 0 Å². The van der Waals surface area contributed by atoms with Crippen molar-refractivity contribution >= 4 is 57.2 Å². The number of hydrogen-bond donors (Lipinski definition) is 0. The Morgan fingerprint density at radius 2 is 0.985 bits per heavy atom. The van der Waals surface area contributed by atoms with Crippen LogP contribution in [0.1, 0.15) is 133 Å². The van der Waals surface area contributed by atoms with Crippen LogP contribution >= 0.6 is 0 Å². The lowest BCUT2D eigenvalue weighted by molar-refractivity contribution is 0.332. The highest BCUT2D eigenvalue weighted by molar-refractivity contribution is 7.00. The van der Waals surface area contributed by atoms with Gasteiger partial charge in [0, 0.05) is 39.4 Å². The Hall–Kier alpha value is -5.80. The van der Waals surface area contributed by atoms with E-state index in [1.807, 2.05) is 0 Å². The van der Waals surface area contributed by atoms with Crippen molar-refractivity contribution in [3.63, 3.8) is 0 Å². The zero-order valence-corrected chi connectivity index (χ0v) is 40.7. The van der Waals surface area contributed by atoms with Crippen molar-refractivity contribution in [3.8, 4) is 22.3 Å². The summed E-state index contributed by atoms with van der Waals surface area (Å²) in [5.41, 5.74) is 28.7. The number of hydrogen-bond acceptors (Lipinski definition) is 2. The second kappa shape index (κ2) is 13.2. The van der Waals surface area contributed by atoms with Gasteiger partial charge in [-0.2, -0.15) is 0 Å². The predicted molar refractivity (Wildman–Crippen MR) is 279 cm³/mol. The molecule has 3 aliphatic carbocycles. The summed E-state index contributed by atoms with van der Waals surface area (Å²) in [5, 5.41) is 0. The standard InChI is InChI=1S/C62H63BN2/c1-37-29-54-57-55(30-37)65(51-34-47-44(31-38(51)2)60(7,8)36-61(47,9)10)53-35-46-45(58(3,4)27-28-59(46,5)6)33-49(53)63(57)48-26-25-40(39-19-14-13-15-20-39)32-52(48)64(54)50-24-18-23-43-56(50)41-21-16-17-22-42(41)62(43,11)12/h13-26,29-35H,27-28,36H2,1-12H3. The van der Waals surface area contributed by atoms with Gasteiger partial charge in [-0.15, -0.1) is 0 Å². The predicted octanol–water partition coefficient (Wildman–Crippen LogP) is 14.7. The number of nitrogens with zero attached hydrogens (tertiary/aromatic N) is 2. The van der Waals surface area contributed by atoms with Crippen LogP contribution in [0.15, 0.2) is 127 Å². The van der Waals surface area contributed by atoms with Crippen LogP contribution in [0.2, 0.25) is 0 Å². The van der Waals surface area contributed by atoms with Crippen molar-refractivity contribution in [2.45, 2.75) is 129 Å². The fourth-order valence-electron chi connectivity index (χ4n) is 13.8. The molecule has 0 radical (unpaired) electrons. The summed E-state index contributed by atoms with van der Waals surface area (Å²) in [5.74, 6) is 0. The Morgan fingerprint density at radius 1 is 0.415 bits per heavy atom. The van der Waals surface area contributed by atoms with Crippen LogP contribution in [0.5, 0.6) is 0 Å². The highest BCUT2D eigenvalue weighted by atomic mass is 15.2. The third-order valence-corrected chi connectivity index (χ3v) is 17.0. The van der Waals surface area contributed by atoms with Gasteiger partial charge in [0.05, 0.1) is 5.69 Å². The topological polar surface area (TPSA) is 6.48 Å². The molecule has 0 bridgehead atoms. The van der Waals surface area contributed by atoms with E-state index in [1.165, 1.54) is 130 Å². The van der Waals surface area contributed by atoms with Crippen LogP contribution in [0.25, 0.3) is 22.3 Å². The van der Waals surface area contributed by atoms with Gasteiger partial charge in [-0.3, -0.25) is 0 Å². The maximum Gasteiger partial charge on any atom is 0.252 e. The minimum Gasteiger partial charge on any atom is -0.311 e. The first-order valence-corrected chi connectivity index (χ1v) is 24.3. The minimum absolute atomic E-state index is 0.0413. The van der Waals surface area contributed by atoms with Crippen molar-refractivity contribution < 1.29 is 0 Å². The molecule has 0 N–H and O–H groups in total. The first-order valence-electron chi connectivity index (χ1n) is 24.3. The molecule has 2 nitrogen and oxygen atoms in total. The van der Waals surface area contributed by atoms with E-state index in [2.05, 4.69) is 220 Å². The largest absolute Gasteiger partial charge is 0.311 e. The van der Waals surface area contributed by atoms with Gasteiger partial charge in [-0.05, 0) is 169 Å². The summed E-state index contributed by atoms with van der Waals surface area (Å²) in [6, 6.07) is 50.1. The molecule has 2 aliphatic heterocycles. The molecule has 7 aromatic carbocycles. The molecule has 2 heterocycles. The van der Waals surface area contributed by atoms with Crippen LogP contribution in [0.4, 0.5) is 34.1 Å². The molecule has 0 atom stereocenters. The molecule has 65 heavy (non-hydrogen) atoms. The number of benzene rings is 7. The number of anilines is 6. The summed E-state index contributed by atoms with van der Waals surface area (Å²) < 4.78 is 0. The molecular weight excluding hydrogens is 784 g/mol. The lowest BCUT2D eigenvalue weighted by Gasteiger charge is -2.48. The van der Waals surface area contributed by atoms with Gasteiger partial charge in [0.25, 0.3) is 6.71 Å². The van der Waals surface area contributed by atoms with E-state index in [0.717, 1.165) is 6.42 Å². The maximum atomic E-state index is 2.72. The molecule has 324 valence electrons. The summed E-state index contributed by atoms with van der Waals surface area (Å²) >= 11 is 0. The molecule has 0 saturated carbocycles. The van der Waals surface area contributed by atoms with Crippen LogP contribution < -0.4 is 26.2 Å². The minimum atomic E-state index is -0.121. The molecule has 12 rings (SSSR count). The van der Waals surface area contributed by atoms with Crippen LogP contribution in [-0.4, -0.2) is 6.71 Å². The Bertz CT molecular complexity index is 3200. The molecule has 0 amide bonds. The lowest BCUT2D eigenvalue weighted by Crippen LogP contribution is -2.62. The van der Waals surface area contributed by atoms with E-state index in [-0.39, 0.29) is 33.8 Å². The van der Waals surface area contributed by atoms with Crippen LogP contribution in [0.3, 0.4) is 0 Å². The Morgan fingerprint density at radius 3 is 1.69 bits per heavy atom. The van der Waals surface area contributed by atoms with E-state index >= 15 is 0 Å². The van der Waals surface area contributed by atoms with E-state index in [0.29, 0.717) is 0 Å². The molecule has 5 aliphatic rings. The number of rotatable bonds is 3. The van der Waals surface area contributed by atoms with Crippen molar-refractivity contribution in [2.75, 3.05) is 9.80 Å². The third kappa shape index (κ3) is 5.60. The normalized spacial score (nSPS) is 19.1. The maximum absolute atomic E-state index is 2.72. The van der Waals surface area contributed by atoms with Crippen molar-refractivity contribution in [1.29, 1.82) is 0 Å². The lowest BCUT2D eigenvalue weighted by atomic mass is 9.33. The smallest absolute Gasteiger partial charge is 0.252 e. The monoisotopic (exact) mass is 847 g/mol. The molecule has 7 aromatic rings. The van der Waals surface area contributed by atoms with Crippen LogP contribution in [0, 0.1) is 13.8 Å². The molecular formula is C62H63BN2. The van der Waals surface area contributed by atoms with Gasteiger partial charge in [-0.1, -0.05) is 160 Å². The molecule has 0 saturated heterocycles. The summed E-state index contributed by atoms with van der Waals surface area (Å²) in [6.45, 7) is 29.3. The summed E-state index contributed by atoms with van der Waals surface area (Å²) in [7, 11) is 0. The van der Waals surface area contributed by atoms with Gasteiger partial charge < -0.3 is 9.80 Å². The molecule has 3 heteroatoms. The first kappa shape index (κ1) is 40.7. The van der Waals surface area contributed by atoms with E-state index in [4.69, 9.17) is 0 Å². The van der Waals surface area contributed by atoms with Crippen LogP contribution in [-0.2, 0) is 27.1 Å². The first-order chi connectivity index (χ1) is 30.8.